The van der Waals surface area contributed by atoms with Crippen molar-refractivity contribution in [1.29, 1.82) is 0 Å². The fourth-order valence-corrected chi connectivity index (χ4v) is 3.83. The second-order valence-electron chi connectivity index (χ2n) is 6.80. The Hall–Kier alpha value is -3.27. The highest BCUT2D eigenvalue weighted by molar-refractivity contribution is 6.01. The third-order valence-corrected chi connectivity index (χ3v) is 5.19. The molecule has 0 bridgehead atoms. The highest BCUT2D eigenvalue weighted by atomic mass is 16.5. The number of nitrogens with zero attached hydrogens (tertiary/aromatic N) is 2. The molecule has 0 saturated carbocycles. The lowest BCUT2D eigenvalue weighted by atomic mass is 9.95. The minimum absolute atomic E-state index is 0.129. The molecular weight excluding hydrogens is 336 g/mol. The maximum atomic E-state index is 6.38. The van der Waals surface area contributed by atoms with Gasteiger partial charge in [-0.3, -0.25) is 0 Å². The van der Waals surface area contributed by atoms with Crippen molar-refractivity contribution < 1.29 is 9.47 Å². The van der Waals surface area contributed by atoms with Gasteiger partial charge in [0.1, 0.15) is 11.5 Å². The highest BCUT2D eigenvalue weighted by Gasteiger charge is 2.41. The van der Waals surface area contributed by atoms with Crippen LogP contribution in [0.15, 0.2) is 84.0 Å². The van der Waals surface area contributed by atoms with Gasteiger partial charge in [0.25, 0.3) is 0 Å². The molecule has 0 aromatic heterocycles. The van der Waals surface area contributed by atoms with Gasteiger partial charge in [0.15, 0.2) is 0 Å². The van der Waals surface area contributed by atoms with Crippen molar-refractivity contribution in [2.24, 2.45) is 5.10 Å². The van der Waals surface area contributed by atoms with E-state index in [1.807, 2.05) is 36.4 Å². The predicted molar refractivity (Wildman–Crippen MR) is 105 cm³/mol. The van der Waals surface area contributed by atoms with Crippen molar-refractivity contribution in [3.8, 4) is 11.5 Å². The number of hydrogen-bond donors (Lipinski definition) is 0. The number of hydrogen-bond acceptors (Lipinski definition) is 4. The molecule has 0 aliphatic carbocycles. The average Bonchev–Trinajstić information content (AvgIpc) is 3.20. The normalized spacial score (nSPS) is 20.3. The molecule has 2 aliphatic rings. The van der Waals surface area contributed by atoms with E-state index < -0.39 is 0 Å². The first-order valence-corrected chi connectivity index (χ1v) is 9.14. The Morgan fingerprint density at radius 3 is 2.44 bits per heavy atom. The second kappa shape index (κ2) is 6.47. The van der Waals surface area contributed by atoms with E-state index in [0.29, 0.717) is 0 Å². The Morgan fingerprint density at radius 2 is 1.70 bits per heavy atom. The summed E-state index contributed by atoms with van der Waals surface area (Å²) in [6.45, 7) is 0. The van der Waals surface area contributed by atoms with Gasteiger partial charge in [0, 0.05) is 17.5 Å². The van der Waals surface area contributed by atoms with Gasteiger partial charge in [-0.2, -0.15) is 5.10 Å². The summed E-state index contributed by atoms with van der Waals surface area (Å²) in [4.78, 5) is 0. The summed E-state index contributed by atoms with van der Waals surface area (Å²) < 4.78 is 11.8. The molecule has 0 radical (unpaired) electrons. The monoisotopic (exact) mass is 356 g/mol. The van der Waals surface area contributed by atoms with E-state index >= 15 is 0 Å². The quantitative estimate of drug-likeness (QED) is 0.667. The van der Waals surface area contributed by atoms with Crippen molar-refractivity contribution in [3.63, 3.8) is 0 Å². The van der Waals surface area contributed by atoms with E-state index in [4.69, 9.17) is 14.6 Å². The molecule has 5 rings (SSSR count). The van der Waals surface area contributed by atoms with Crippen LogP contribution in [0.2, 0.25) is 0 Å². The fourth-order valence-electron chi connectivity index (χ4n) is 3.83. The zero-order valence-electron chi connectivity index (χ0n) is 15.1. The molecule has 0 saturated heterocycles. The second-order valence-corrected chi connectivity index (χ2v) is 6.80. The van der Waals surface area contributed by atoms with Crippen molar-refractivity contribution in [1.82, 2.24) is 5.01 Å². The number of hydrazone groups is 1. The molecular formula is C23H20N2O2. The molecule has 134 valence electrons. The van der Waals surface area contributed by atoms with Gasteiger partial charge in [0.2, 0.25) is 6.23 Å². The fraction of sp³-hybridized carbons (Fsp3) is 0.174. The Labute approximate surface area is 158 Å². The lowest BCUT2D eigenvalue weighted by Crippen LogP contribution is -2.33. The van der Waals surface area contributed by atoms with Gasteiger partial charge >= 0.3 is 0 Å². The summed E-state index contributed by atoms with van der Waals surface area (Å²) in [6.07, 6.45) is 0.606. The Morgan fingerprint density at radius 1 is 0.963 bits per heavy atom. The van der Waals surface area contributed by atoms with E-state index in [0.717, 1.165) is 40.3 Å². The maximum absolute atomic E-state index is 6.38. The molecule has 0 unspecified atom stereocenters. The standard InChI is InChI=1S/C23H20N2O2/c1-26-18-12-13-22-19(14-18)21-15-20(16-8-4-2-5-9-16)24-25(21)23(27-22)17-10-6-3-7-11-17/h2-14,21,23H,15H2,1H3/t21-,23-/m0/s1. The van der Waals surface area contributed by atoms with Crippen LogP contribution in [0.4, 0.5) is 0 Å². The lowest BCUT2D eigenvalue weighted by molar-refractivity contribution is -0.0191. The molecule has 0 fully saturated rings. The number of benzene rings is 3. The van der Waals surface area contributed by atoms with Gasteiger partial charge in [-0.15, -0.1) is 0 Å². The molecule has 2 aliphatic heterocycles. The molecule has 0 spiro atoms. The molecule has 2 atom stereocenters. The summed E-state index contributed by atoms with van der Waals surface area (Å²) in [5, 5.41) is 7.07. The highest BCUT2D eigenvalue weighted by Crippen LogP contribution is 2.48. The van der Waals surface area contributed by atoms with Crippen LogP contribution in [-0.2, 0) is 0 Å². The first-order chi connectivity index (χ1) is 13.3. The summed E-state index contributed by atoms with van der Waals surface area (Å²) in [5.41, 5.74) is 4.46. The first-order valence-electron chi connectivity index (χ1n) is 9.14. The zero-order valence-corrected chi connectivity index (χ0v) is 15.1. The average molecular weight is 356 g/mol. The third-order valence-electron chi connectivity index (χ3n) is 5.19. The molecule has 3 aromatic rings. The number of ether oxygens (including phenoxy) is 2. The molecule has 4 heteroatoms. The van der Waals surface area contributed by atoms with Crippen LogP contribution in [0.3, 0.4) is 0 Å². The van der Waals surface area contributed by atoms with E-state index in [-0.39, 0.29) is 12.3 Å². The van der Waals surface area contributed by atoms with Crippen LogP contribution < -0.4 is 9.47 Å². The van der Waals surface area contributed by atoms with Gasteiger partial charge in [-0.25, -0.2) is 5.01 Å². The number of fused-ring (bicyclic) bond motifs is 3. The molecule has 2 heterocycles. The summed E-state index contributed by atoms with van der Waals surface area (Å²) in [7, 11) is 1.69. The summed E-state index contributed by atoms with van der Waals surface area (Å²) in [5.74, 6) is 1.74. The van der Waals surface area contributed by atoms with Gasteiger partial charge in [-0.1, -0.05) is 60.7 Å². The van der Waals surface area contributed by atoms with Crippen LogP contribution in [0.25, 0.3) is 0 Å². The lowest BCUT2D eigenvalue weighted by Gasteiger charge is -2.38. The van der Waals surface area contributed by atoms with Crippen LogP contribution in [0.5, 0.6) is 11.5 Å². The van der Waals surface area contributed by atoms with E-state index in [1.54, 1.807) is 7.11 Å². The third kappa shape index (κ3) is 2.74. The summed E-state index contributed by atoms with van der Waals surface area (Å²) >= 11 is 0. The van der Waals surface area contributed by atoms with Gasteiger partial charge < -0.3 is 9.47 Å². The van der Waals surface area contributed by atoms with Crippen LogP contribution >= 0.6 is 0 Å². The SMILES string of the molecule is COc1ccc2c(c1)[C@@H]1CC(c3ccccc3)=NN1[C@H](c1ccccc1)O2. The van der Waals surface area contributed by atoms with Crippen LogP contribution in [0.1, 0.15) is 35.4 Å². The van der Waals surface area contributed by atoms with Gasteiger partial charge in [0.05, 0.1) is 18.9 Å². The van der Waals surface area contributed by atoms with Crippen LogP contribution in [-0.4, -0.2) is 17.8 Å². The zero-order chi connectivity index (χ0) is 18.2. The van der Waals surface area contributed by atoms with Crippen molar-refractivity contribution in [2.45, 2.75) is 18.7 Å². The van der Waals surface area contributed by atoms with Crippen molar-refractivity contribution in [3.05, 3.63) is 95.6 Å². The molecule has 27 heavy (non-hydrogen) atoms. The van der Waals surface area contributed by atoms with Gasteiger partial charge in [-0.05, 0) is 23.8 Å². The molecule has 3 aromatic carbocycles. The van der Waals surface area contributed by atoms with E-state index in [9.17, 15) is 0 Å². The summed E-state index contributed by atoms with van der Waals surface area (Å²) in [6, 6.07) is 26.8. The Kier molecular flexibility index (Phi) is 3.82. The largest absolute Gasteiger partial charge is 0.497 e. The number of methoxy groups -OCH3 is 1. The maximum Gasteiger partial charge on any atom is 0.213 e. The predicted octanol–water partition coefficient (Wildman–Crippen LogP) is 4.94. The number of rotatable bonds is 3. The van der Waals surface area contributed by atoms with Crippen LogP contribution in [0, 0.1) is 0 Å². The molecule has 4 nitrogen and oxygen atoms in total. The molecule has 0 amide bonds. The van der Waals surface area contributed by atoms with E-state index in [2.05, 4.69) is 47.5 Å². The first kappa shape index (κ1) is 15.9. The Bertz CT molecular complexity index is 986. The van der Waals surface area contributed by atoms with E-state index in [1.165, 1.54) is 0 Å². The smallest absolute Gasteiger partial charge is 0.213 e. The minimum Gasteiger partial charge on any atom is -0.497 e. The topological polar surface area (TPSA) is 34.1 Å². The molecule has 0 N–H and O–H groups in total. The minimum atomic E-state index is -0.238. The Balaban J connectivity index is 1.61. The van der Waals surface area contributed by atoms with Crippen molar-refractivity contribution in [2.75, 3.05) is 7.11 Å². The van der Waals surface area contributed by atoms with Crippen molar-refractivity contribution >= 4 is 5.71 Å².